The Morgan fingerprint density at radius 3 is 2.29 bits per heavy atom. The number of hydrogen-bond acceptors (Lipinski definition) is 0. The Hall–Kier alpha value is -0.260. The molecule has 0 spiro atoms. The van der Waals surface area contributed by atoms with E-state index in [2.05, 4.69) is 32.9 Å². The van der Waals surface area contributed by atoms with Gasteiger partial charge in [0, 0.05) is 0 Å². The zero-order valence-corrected chi connectivity index (χ0v) is 10.4. The van der Waals surface area contributed by atoms with Gasteiger partial charge in [-0.15, -0.1) is 0 Å². The minimum absolute atomic E-state index is 0.943. The smallest absolute Gasteiger partial charge is 0.0351 e. The molecule has 0 fully saturated rings. The molecule has 0 nitrogen and oxygen atoms in total. The number of rotatable bonds is 9. The molecule has 0 amide bonds. The summed E-state index contributed by atoms with van der Waals surface area (Å²) in [6, 6.07) is 0. The van der Waals surface area contributed by atoms with Crippen LogP contribution in [0.15, 0.2) is 12.2 Å². The first kappa shape index (κ1) is 13.7. The Bertz CT molecular complexity index is 124. The molecule has 0 aromatic carbocycles. The molecule has 0 rings (SSSR count). The van der Waals surface area contributed by atoms with Crippen molar-refractivity contribution in [1.82, 2.24) is 0 Å². The number of hydrogen-bond donors (Lipinski definition) is 0. The highest BCUT2D eigenvalue weighted by Crippen LogP contribution is 2.14. The van der Waals surface area contributed by atoms with Gasteiger partial charge in [-0.25, -0.2) is 0 Å². The standard InChI is InChI=1S/C14H28/c1-4-6-7-8-9-10-11-12-13-14(3)5-2/h4,6,14H,5,7-13H2,1-3H3/b6-4+. The van der Waals surface area contributed by atoms with Crippen molar-refractivity contribution in [2.75, 3.05) is 0 Å². The molecule has 0 bridgehead atoms. The van der Waals surface area contributed by atoms with Crippen molar-refractivity contribution in [2.45, 2.75) is 72.1 Å². The van der Waals surface area contributed by atoms with Crippen LogP contribution in [0.5, 0.6) is 0 Å². The van der Waals surface area contributed by atoms with Crippen molar-refractivity contribution in [1.29, 1.82) is 0 Å². The first-order chi connectivity index (χ1) is 6.81. The Kier molecular flexibility index (Phi) is 10.6. The van der Waals surface area contributed by atoms with Crippen LogP contribution in [0.3, 0.4) is 0 Å². The van der Waals surface area contributed by atoms with E-state index in [9.17, 15) is 0 Å². The molecule has 14 heavy (non-hydrogen) atoms. The van der Waals surface area contributed by atoms with Gasteiger partial charge in [0.2, 0.25) is 0 Å². The van der Waals surface area contributed by atoms with Gasteiger partial charge < -0.3 is 0 Å². The molecule has 0 aliphatic carbocycles. The Morgan fingerprint density at radius 2 is 1.64 bits per heavy atom. The average molecular weight is 196 g/mol. The second-order valence-electron chi connectivity index (χ2n) is 4.43. The van der Waals surface area contributed by atoms with E-state index in [4.69, 9.17) is 0 Å². The van der Waals surface area contributed by atoms with Gasteiger partial charge in [0.15, 0.2) is 0 Å². The minimum Gasteiger partial charge on any atom is -0.0917 e. The van der Waals surface area contributed by atoms with Crippen molar-refractivity contribution >= 4 is 0 Å². The van der Waals surface area contributed by atoms with Crippen LogP contribution in [0.25, 0.3) is 0 Å². The molecule has 0 aliphatic rings. The highest BCUT2D eigenvalue weighted by molar-refractivity contribution is 4.76. The van der Waals surface area contributed by atoms with Gasteiger partial charge >= 0.3 is 0 Å². The third-order valence-electron chi connectivity index (χ3n) is 3.00. The fraction of sp³-hybridized carbons (Fsp3) is 0.857. The Labute approximate surface area is 90.8 Å². The lowest BCUT2D eigenvalue weighted by Gasteiger charge is -2.06. The van der Waals surface area contributed by atoms with Crippen LogP contribution >= 0.6 is 0 Å². The lowest BCUT2D eigenvalue weighted by Crippen LogP contribution is -1.91. The molecule has 1 atom stereocenters. The molecule has 1 unspecified atom stereocenters. The molecular formula is C14H28. The highest BCUT2D eigenvalue weighted by atomic mass is 14.0. The Morgan fingerprint density at radius 1 is 1.00 bits per heavy atom. The molecule has 0 heteroatoms. The van der Waals surface area contributed by atoms with Crippen LogP contribution in [-0.2, 0) is 0 Å². The van der Waals surface area contributed by atoms with Crippen molar-refractivity contribution in [2.24, 2.45) is 5.92 Å². The molecule has 0 aromatic rings. The summed E-state index contributed by atoms with van der Waals surface area (Å²) in [4.78, 5) is 0. The van der Waals surface area contributed by atoms with Crippen LogP contribution in [0.2, 0.25) is 0 Å². The first-order valence-corrected chi connectivity index (χ1v) is 6.42. The zero-order valence-electron chi connectivity index (χ0n) is 10.4. The van der Waals surface area contributed by atoms with Gasteiger partial charge in [-0.3, -0.25) is 0 Å². The highest BCUT2D eigenvalue weighted by Gasteiger charge is 1.97. The molecule has 0 aromatic heterocycles. The van der Waals surface area contributed by atoms with Crippen molar-refractivity contribution in [3.63, 3.8) is 0 Å². The number of unbranched alkanes of at least 4 members (excludes halogenated alkanes) is 5. The van der Waals surface area contributed by atoms with Crippen LogP contribution in [0, 0.1) is 5.92 Å². The van der Waals surface area contributed by atoms with E-state index >= 15 is 0 Å². The third-order valence-corrected chi connectivity index (χ3v) is 3.00. The topological polar surface area (TPSA) is 0 Å². The summed E-state index contributed by atoms with van der Waals surface area (Å²) >= 11 is 0. The summed E-state index contributed by atoms with van der Waals surface area (Å²) < 4.78 is 0. The van der Waals surface area contributed by atoms with E-state index < -0.39 is 0 Å². The van der Waals surface area contributed by atoms with Crippen LogP contribution in [0.1, 0.15) is 72.1 Å². The van der Waals surface area contributed by atoms with Gasteiger partial charge in [0.25, 0.3) is 0 Å². The molecule has 0 saturated heterocycles. The SMILES string of the molecule is C/C=C/CCCCCCCC(C)CC. The predicted octanol–water partition coefficient (Wildman–Crippen LogP) is 5.34. The normalized spacial score (nSPS) is 13.6. The van der Waals surface area contributed by atoms with Gasteiger partial charge in [-0.05, 0) is 25.7 Å². The summed E-state index contributed by atoms with van der Waals surface area (Å²) in [5.74, 6) is 0.943. The number of allylic oxidation sites excluding steroid dienone is 2. The van der Waals surface area contributed by atoms with E-state index in [1.54, 1.807) is 0 Å². The first-order valence-electron chi connectivity index (χ1n) is 6.42. The summed E-state index contributed by atoms with van der Waals surface area (Å²) in [6.07, 6.45) is 15.6. The second kappa shape index (κ2) is 10.8. The minimum atomic E-state index is 0.943. The van der Waals surface area contributed by atoms with Crippen molar-refractivity contribution in [3.05, 3.63) is 12.2 Å². The fourth-order valence-electron chi connectivity index (χ4n) is 1.66. The average Bonchev–Trinajstić information content (AvgIpc) is 2.21. The summed E-state index contributed by atoms with van der Waals surface area (Å²) in [7, 11) is 0. The van der Waals surface area contributed by atoms with Gasteiger partial charge in [-0.1, -0.05) is 64.5 Å². The molecule has 0 N–H and O–H groups in total. The van der Waals surface area contributed by atoms with Crippen molar-refractivity contribution in [3.8, 4) is 0 Å². The largest absolute Gasteiger partial charge is 0.0917 e. The predicted molar refractivity (Wildman–Crippen MR) is 66.6 cm³/mol. The lowest BCUT2D eigenvalue weighted by atomic mass is 10.00. The van der Waals surface area contributed by atoms with Gasteiger partial charge in [0.05, 0.1) is 0 Å². The zero-order chi connectivity index (χ0) is 10.6. The van der Waals surface area contributed by atoms with Crippen molar-refractivity contribution < 1.29 is 0 Å². The second-order valence-corrected chi connectivity index (χ2v) is 4.43. The lowest BCUT2D eigenvalue weighted by molar-refractivity contribution is 0.473. The van der Waals surface area contributed by atoms with E-state index in [1.807, 2.05) is 0 Å². The molecule has 84 valence electrons. The van der Waals surface area contributed by atoms with Gasteiger partial charge in [-0.2, -0.15) is 0 Å². The van der Waals surface area contributed by atoms with Crippen LogP contribution < -0.4 is 0 Å². The van der Waals surface area contributed by atoms with E-state index in [1.165, 1.54) is 51.4 Å². The fourth-order valence-corrected chi connectivity index (χ4v) is 1.66. The summed E-state index contributed by atoms with van der Waals surface area (Å²) in [6.45, 7) is 6.76. The van der Waals surface area contributed by atoms with E-state index in [0.29, 0.717) is 0 Å². The van der Waals surface area contributed by atoms with Crippen LogP contribution in [0.4, 0.5) is 0 Å². The molecule has 0 radical (unpaired) electrons. The molecule has 0 heterocycles. The third kappa shape index (κ3) is 9.83. The van der Waals surface area contributed by atoms with Gasteiger partial charge in [0.1, 0.15) is 0 Å². The van der Waals surface area contributed by atoms with Crippen LogP contribution in [-0.4, -0.2) is 0 Å². The summed E-state index contributed by atoms with van der Waals surface area (Å²) in [5, 5.41) is 0. The Balaban J connectivity index is 2.99. The summed E-state index contributed by atoms with van der Waals surface area (Å²) in [5.41, 5.74) is 0. The van der Waals surface area contributed by atoms with E-state index in [-0.39, 0.29) is 0 Å². The van der Waals surface area contributed by atoms with E-state index in [0.717, 1.165) is 5.92 Å². The molecular weight excluding hydrogens is 168 g/mol. The monoisotopic (exact) mass is 196 g/mol. The maximum Gasteiger partial charge on any atom is -0.0351 e. The molecule has 0 saturated carbocycles. The molecule has 0 aliphatic heterocycles. The maximum absolute atomic E-state index is 2.37. The quantitative estimate of drug-likeness (QED) is 0.345. The maximum atomic E-state index is 2.37.